The number of fused-ring (bicyclic) bond motifs is 2. The van der Waals surface area contributed by atoms with Crippen LogP contribution >= 0.6 is 23.2 Å². The van der Waals surface area contributed by atoms with Crippen LogP contribution in [0.15, 0.2) is 132 Å². The number of carbonyl (C=O) groups is 4. The van der Waals surface area contributed by atoms with Crippen LogP contribution in [-0.2, 0) is 52.2 Å². The van der Waals surface area contributed by atoms with Crippen molar-refractivity contribution >= 4 is 88.4 Å². The number of rotatable bonds is 15. The molecule has 4 atom stereocenters. The zero-order chi connectivity index (χ0) is 49.6. The predicted molar refractivity (Wildman–Crippen MR) is 264 cm³/mol. The van der Waals surface area contributed by atoms with Gasteiger partial charge in [-0.2, -0.15) is 9.44 Å². The van der Waals surface area contributed by atoms with E-state index in [9.17, 15) is 36.0 Å². The molecule has 8 rings (SSSR count). The highest BCUT2D eigenvalue weighted by atomic mass is 35.5. The van der Waals surface area contributed by atoms with Crippen molar-refractivity contribution in [3.05, 3.63) is 143 Å². The number of hydrogen-bond donors (Lipinski definition) is 2. The van der Waals surface area contributed by atoms with Gasteiger partial charge in [-0.05, 0) is 133 Å². The molecule has 0 radical (unpaired) electrons. The van der Waals surface area contributed by atoms with Crippen molar-refractivity contribution in [1.29, 1.82) is 0 Å². The van der Waals surface area contributed by atoms with Crippen LogP contribution < -0.4 is 9.44 Å². The number of likely N-dealkylation sites (N-methyl/N-ethyl adjacent to an activating group) is 2. The predicted octanol–water partition coefficient (Wildman–Crippen LogP) is 5.67. The van der Waals surface area contributed by atoms with Gasteiger partial charge in [0, 0.05) is 62.4 Å². The first kappa shape index (κ1) is 50.8. The molecule has 2 aliphatic rings. The number of halogens is 2. The second-order valence-corrected chi connectivity index (χ2v) is 21.3. The van der Waals surface area contributed by atoms with Crippen LogP contribution in [-0.4, -0.2) is 128 Å². The molecule has 4 amide bonds. The Kier molecular flexibility index (Phi) is 16.0. The molecular formula is C49H52Cl2N8O8S2. The number of pyridine rings is 2. The molecule has 2 aliphatic heterocycles. The molecule has 0 saturated carbocycles. The van der Waals surface area contributed by atoms with E-state index in [4.69, 9.17) is 23.2 Å². The third-order valence-corrected chi connectivity index (χ3v) is 15.7. The zero-order valence-corrected chi connectivity index (χ0v) is 41.5. The first-order valence-corrected chi connectivity index (χ1v) is 25.9. The molecule has 4 aromatic carbocycles. The van der Waals surface area contributed by atoms with Crippen molar-refractivity contribution in [2.24, 2.45) is 0 Å². The average Bonchev–Trinajstić information content (AvgIpc) is 3.88. The first-order chi connectivity index (χ1) is 32.8. The third-order valence-electron chi connectivity index (χ3n) is 12.3. The van der Waals surface area contributed by atoms with E-state index < -0.39 is 56.0 Å². The highest BCUT2D eigenvalue weighted by Crippen LogP contribution is 2.26. The maximum absolute atomic E-state index is 13.0. The number of nitrogens with one attached hydrogen (secondary N) is 2. The first-order valence-electron chi connectivity index (χ1n) is 22.1. The van der Waals surface area contributed by atoms with Crippen molar-refractivity contribution in [3.8, 4) is 0 Å². The van der Waals surface area contributed by atoms with Crippen LogP contribution in [0.1, 0.15) is 37.9 Å². The van der Waals surface area contributed by atoms with Gasteiger partial charge in [-0.1, -0.05) is 53.5 Å². The SMILES string of the molecule is CC(C(=O)N(C)CCc1ccncc1)N1CC[C@H](NS(=O)(=O)c2ccc3cc(Cl)ccc3c2)C1=O.C[C@@H](C(=O)N(C)Cc1ccccn1)N1CC[C@H](NS(=O)(=O)c2ccc3cc(Cl)ccc3c2)C1=O. The van der Waals surface area contributed by atoms with Crippen LogP contribution in [0.4, 0.5) is 0 Å². The van der Waals surface area contributed by atoms with Crippen molar-refractivity contribution in [2.45, 2.75) is 73.6 Å². The molecule has 0 spiro atoms. The Morgan fingerprint density at radius 3 is 1.59 bits per heavy atom. The van der Waals surface area contributed by atoms with Crippen molar-refractivity contribution in [3.63, 3.8) is 0 Å². The number of sulfonamides is 2. The number of likely N-dealkylation sites (tertiary alicyclic amines) is 2. The van der Waals surface area contributed by atoms with E-state index in [0.29, 0.717) is 42.5 Å². The molecule has 0 aliphatic carbocycles. The van der Waals surface area contributed by atoms with Gasteiger partial charge >= 0.3 is 0 Å². The fraction of sp³-hybridized carbons (Fsp3) is 0.306. The molecule has 20 heteroatoms. The van der Waals surface area contributed by atoms with Gasteiger partial charge in [0.1, 0.15) is 24.2 Å². The summed E-state index contributed by atoms with van der Waals surface area (Å²) in [6.07, 6.45) is 6.31. The molecule has 69 heavy (non-hydrogen) atoms. The Labute approximate surface area is 411 Å². The second-order valence-electron chi connectivity index (χ2n) is 17.0. The minimum Gasteiger partial charge on any atom is -0.344 e. The molecule has 2 fully saturated rings. The number of amides is 4. The highest BCUT2D eigenvalue weighted by Gasteiger charge is 2.41. The highest BCUT2D eigenvalue weighted by molar-refractivity contribution is 7.89. The van der Waals surface area contributed by atoms with Crippen molar-refractivity contribution < 1.29 is 36.0 Å². The number of benzene rings is 4. The molecule has 16 nitrogen and oxygen atoms in total. The fourth-order valence-corrected chi connectivity index (χ4v) is 11.2. The Bertz CT molecular complexity index is 3100. The Hall–Kier alpha value is -6.02. The van der Waals surface area contributed by atoms with E-state index >= 15 is 0 Å². The topological polar surface area (TPSA) is 199 Å². The summed E-state index contributed by atoms with van der Waals surface area (Å²) in [5.74, 6) is -1.24. The van der Waals surface area contributed by atoms with Crippen LogP contribution in [0, 0.1) is 0 Å². The van der Waals surface area contributed by atoms with E-state index in [0.717, 1.165) is 32.8 Å². The molecule has 2 aromatic heterocycles. The van der Waals surface area contributed by atoms with Crippen LogP contribution in [0.3, 0.4) is 0 Å². The summed E-state index contributed by atoms with van der Waals surface area (Å²) < 4.78 is 57.0. The smallest absolute Gasteiger partial charge is 0.245 e. The Morgan fingerprint density at radius 2 is 1.12 bits per heavy atom. The molecule has 2 saturated heterocycles. The van der Waals surface area contributed by atoms with E-state index in [-0.39, 0.29) is 34.6 Å². The van der Waals surface area contributed by atoms with E-state index in [1.165, 1.54) is 26.8 Å². The lowest BCUT2D eigenvalue weighted by Gasteiger charge is -2.28. The van der Waals surface area contributed by atoms with E-state index in [1.807, 2.05) is 24.3 Å². The molecule has 362 valence electrons. The standard InChI is InChI=1S/C25H27ClN4O4S.C24H25ClN4O4S/c1-17(24(31)29(2)13-9-18-7-11-27-12-8-18)30-14-10-23(25(30)32)28-35(33,34)22-6-4-19-15-21(26)5-3-20(19)16-22;1-16(23(30)28(2)15-20-5-3-4-11-26-20)29-12-10-22(24(29)31)27-34(32,33)21-9-7-17-13-19(25)8-6-18(17)14-21/h3-8,11-12,15-17,23,28H,9-10,13-14H2,1-2H3;3-9,11,13-14,16,22,27H,10,12,15H2,1-2H3/t17?,23-;16-,22-/m00/s1. The number of nitrogens with zero attached hydrogens (tertiary/aromatic N) is 6. The van der Waals surface area contributed by atoms with Gasteiger partial charge in [-0.25, -0.2) is 16.8 Å². The normalized spacial score (nSPS) is 17.1. The van der Waals surface area contributed by atoms with Gasteiger partial charge in [0.15, 0.2) is 0 Å². The number of aromatic nitrogens is 2. The summed E-state index contributed by atoms with van der Waals surface area (Å²) >= 11 is 12.0. The minimum atomic E-state index is -3.94. The lowest BCUT2D eigenvalue weighted by Crippen LogP contribution is -2.49. The maximum Gasteiger partial charge on any atom is 0.245 e. The van der Waals surface area contributed by atoms with Crippen LogP contribution in [0.2, 0.25) is 10.0 Å². The van der Waals surface area contributed by atoms with E-state index in [1.54, 1.807) is 118 Å². The summed E-state index contributed by atoms with van der Waals surface area (Å²) in [6, 6.07) is 25.8. The van der Waals surface area contributed by atoms with Gasteiger partial charge in [-0.15, -0.1) is 0 Å². The summed E-state index contributed by atoms with van der Waals surface area (Å²) in [4.78, 5) is 66.2. The van der Waals surface area contributed by atoms with Crippen molar-refractivity contribution in [2.75, 3.05) is 33.7 Å². The minimum absolute atomic E-state index is 0.0628. The molecule has 6 aromatic rings. The summed E-state index contributed by atoms with van der Waals surface area (Å²) in [6.45, 7) is 4.72. The molecule has 1 unspecified atom stereocenters. The van der Waals surface area contributed by atoms with E-state index in [2.05, 4.69) is 19.4 Å². The second kappa shape index (κ2) is 21.7. The quantitative estimate of drug-likeness (QED) is 0.129. The lowest BCUT2D eigenvalue weighted by molar-refractivity contribution is -0.142. The molecule has 2 N–H and O–H groups in total. The summed E-state index contributed by atoms with van der Waals surface area (Å²) in [7, 11) is -4.52. The molecule has 0 bridgehead atoms. The molecule has 4 heterocycles. The fourth-order valence-electron chi connectivity index (χ4n) is 8.30. The average molecular weight is 1020 g/mol. The van der Waals surface area contributed by atoms with Gasteiger partial charge < -0.3 is 19.6 Å². The Morgan fingerprint density at radius 1 is 0.652 bits per heavy atom. The van der Waals surface area contributed by atoms with Gasteiger partial charge in [0.05, 0.1) is 22.0 Å². The van der Waals surface area contributed by atoms with Crippen LogP contribution in [0.25, 0.3) is 21.5 Å². The summed E-state index contributed by atoms with van der Waals surface area (Å²) in [5.41, 5.74) is 1.80. The third kappa shape index (κ3) is 12.2. The van der Waals surface area contributed by atoms with Gasteiger partial charge in [0.25, 0.3) is 0 Å². The largest absolute Gasteiger partial charge is 0.344 e. The monoisotopic (exact) mass is 1010 g/mol. The zero-order valence-electron chi connectivity index (χ0n) is 38.3. The summed E-state index contributed by atoms with van der Waals surface area (Å²) in [5, 5.41) is 4.21. The number of hydrogen-bond acceptors (Lipinski definition) is 10. The van der Waals surface area contributed by atoms with Gasteiger partial charge in [0.2, 0.25) is 43.7 Å². The number of carbonyl (C=O) groups excluding carboxylic acids is 4. The van der Waals surface area contributed by atoms with Gasteiger partial charge in [-0.3, -0.25) is 29.1 Å². The van der Waals surface area contributed by atoms with Crippen LogP contribution in [0.5, 0.6) is 0 Å². The Balaban J connectivity index is 0.000000204. The maximum atomic E-state index is 13.0. The lowest BCUT2D eigenvalue weighted by atomic mass is 10.1. The van der Waals surface area contributed by atoms with Crippen molar-refractivity contribution in [1.82, 2.24) is 39.0 Å². The molecular weight excluding hydrogens is 964 g/mol.